The Morgan fingerprint density at radius 3 is 2.85 bits per heavy atom. The Morgan fingerprint density at radius 1 is 1.50 bits per heavy atom. The second kappa shape index (κ2) is 5.53. The molecule has 4 N–H and O–H groups in total. The van der Waals surface area contributed by atoms with E-state index < -0.39 is 0 Å². The van der Waals surface area contributed by atoms with Gasteiger partial charge in [0.15, 0.2) is 5.84 Å². The molecular weight excluding hydrogens is 254 g/mol. The Morgan fingerprint density at radius 2 is 2.25 bits per heavy atom. The Balaban J connectivity index is 2.12. The third kappa shape index (κ3) is 2.92. The highest BCUT2D eigenvalue weighted by atomic mass is 16.4. The van der Waals surface area contributed by atoms with Gasteiger partial charge in [-0.05, 0) is 30.4 Å². The molecule has 1 aliphatic rings. The highest BCUT2D eigenvalue weighted by Gasteiger charge is 2.39. The molecule has 0 radical (unpaired) electrons. The number of anilines is 1. The largest absolute Gasteiger partial charge is 0.409 e. The number of hydrogen-bond donors (Lipinski definition) is 3. The van der Waals surface area contributed by atoms with Crippen molar-refractivity contribution in [2.24, 2.45) is 22.2 Å². The van der Waals surface area contributed by atoms with Gasteiger partial charge in [-0.3, -0.25) is 4.79 Å². The Labute approximate surface area is 118 Å². The molecule has 0 heterocycles. The van der Waals surface area contributed by atoms with E-state index in [2.05, 4.69) is 24.3 Å². The summed E-state index contributed by atoms with van der Waals surface area (Å²) >= 11 is 0. The van der Waals surface area contributed by atoms with Crippen molar-refractivity contribution >= 4 is 17.4 Å². The molecule has 1 aromatic rings. The van der Waals surface area contributed by atoms with Crippen LogP contribution in [0.4, 0.5) is 5.69 Å². The fourth-order valence-electron chi connectivity index (χ4n) is 2.86. The number of nitrogens with two attached hydrogens (primary N) is 1. The summed E-state index contributed by atoms with van der Waals surface area (Å²) in [7, 11) is 0. The molecule has 1 atom stereocenters. The Bertz CT molecular complexity index is 538. The van der Waals surface area contributed by atoms with Crippen LogP contribution < -0.4 is 11.1 Å². The summed E-state index contributed by atoms with van der Waals surface area (Å²) < 4.78 is 0. The zero-order chi connectivity index (χ0) is 14.8. The lowest BCUT2D eigenvalue weighted by Gasteiger charge is -2.25. The number of nitrogens with one attached hydrogen (secondary N) is 1. The van der Waals surface area contributed by atoms with Crippen LogP contribution in [0.2, 0.25) is 0 Å². The van der Waals surface area contributed by atoms with Crippen LogP contribution in [0.25, 0.3) is 0 Å². The van der Waals surface area contributed by atoms with Gasteiger partial charge in [0.2, 0.25) is 5.91 Å². The molecule has 1 saturated carbocycles. The van der Waals surface area contributed by atoms with Gasteiger partial charge in [0.25, 0.3) is 0 Å². The van der Waals surface area contributed by atoms with Gasteiger partial charge in [-0.15, -0.1) is 0 Å². The highest BCUT2D eigenvalue weighted by molar-refractivity contribution is 5.99. The minimum Gasteiger partial charge on any atom is -0.409 e. The van der Waals surface area contributed by atoms with Gasteiger partial charge in [-0.1, -0.05) is 37.6 Å². The standard InChI is InChI=1S/C15H21N3O2/c1-15(2)8-4-7-12(15)14(19)17-11-6-3-5-10(9-11)13(16)18-20/h3,5-6,9,12,20H,4,7-8H2,1-2H3,(H2,16,18)(H,17,19). The first-order valence-electron chi connectivity index (χ1n) is 6.83. The summed E-state index contributed by atoms with van der Waals surface area (Å²) in [4.78, 5) is 12.4. The zero-order valence-electron chi connectivity index (χ0n) is 11.9. The smallest absolute Gasteiger partial charge is 0.228 e. The van der Waals surface area contributed by atoms with Crippen molar-refractivity contribution in [3.05, 3.63) is 29.8 Å². The number of carbonyl (C=O) groups excluding carboxylic acids is 1. The Kier molecular flexibility index (Phi) is 3.97. The average Bonchev–Trinajstić information content (AvgIpc) is 2.77. The summed E-state index contributed by atoms with van der Waals surface area (Å²) in [6.07, 6.45) is 3.10. The van der Waals surface area contributed by atoms with Gasteiger partial charge in [0, 0.05) is 17.2 Å². The first kappa shape index (κ1) is 14.4. The molecule has 0 aromatic heterocycles. The van der Waals surface area contributed by atoms with Gasteiger partial charge in [0.05, 0.1) is 0 Å². The summed E-state index contributed by atoms with van der Waals surface area (Å²) in [5.41, 5.74) is 6.84. The summed E-state index contributed by atoms with van der Waals surface area (Å²) in [5.74, 6) is 0.112. The quantitative estimate of drug-likeness (QED) is 0.343. The lowest BCUT2D eigenvalue weighted by atomic mass is 9.81. The lowest BCUT2D eigenvalue weighted by Crippen LogP contribution is -2.30. The number of hydrogen-bond acceptors (Lipinski definition) is 3. The van der Waals surface area contributed by atoms with Gasteiger partial charge in [-0.2, -0.15) is 0 Å². The van der Waals surface area contributed by atoms with E-state index >= 15 is 0 Å². The molecule has 1 amide bonds. The molecule has 1 aromatic carbocycles. The molecule has 1 fully saturated rings. The number of amides is 1. The molecule has 0 bridgehead atoms. The average molecular weight is 275 g/mol. The highest BCUT2D eigenvalue weighted by Crippen LogP contribution is 2.43. The SMILES string of the molecule is CC1(C)CCCC1C(=O)Nc1cccc(/C(N)=N/O)c1. The van der Waals surface area contributed by atoms with E-state index in [4.69, 9.17) is 10.9 Å². The van der Waals surface area contributed by atoms with Crippen molar-refractivity contribution in [3.8, 4) is 0 Å². The van der Waals surface area contributed by atoms with Crippen molar-refractivity contribution in [3.63, 3.8) is 0 Å². The van der Waals surface area contributed by atoms with E-state index in [9.17, 15) is 4.79 Å². The van der Waals surface area contributed by atoms with Crippen LogP contribution in [0.15, 0.2) is 29.4 Å². The minimum atomic E-state index is 0.0299. The molecule has 2 rings (SSSR count). The van der Waals surface area contributed by atoms with E-state index in [1.54, 1.807) is 24.3 Å². The van der Waals surface area contributed by atoms with Crippen LogP contribution in [0.3, 0.4) is 0 Å². The fraction of sp³-hybridized carbons (Fsp3) is 0.467. The second-order valence-corrected chi connectivity index (χ2v) is 5.99. The molecule has 0 saturated heterocycles. The molecule has 108 valence electrons. The third-order valence-electron chi connectivity index (χ3n) is 4.11. The maximum absolute atomic E-state index is 12.4. The van der Waals surface area contributed by atoms with E-state index in [1.807, 2.05) is 0 Å². The molecule has 20 heavy (non-hydrogen) atoms. The van der Waals surface area contributed by atoms with Gasteiger partial charge < -0.3 is 16.3 Å². The van der Waals surface area contributed by atoms with Crippen LogP contribution in [0.1, 0.15) is 38.7 Å². The molecule has 5 nitrogen and oxygen atoms in total. The molecule has 1 aliphatic carbocycles. The predicted octanol–water partition coefficient (Wildman–Crippen LogP) is 2.55. The number of carbonyl (C=O) groups is 1. The lowest BCUT2D eigenvalue weighted by molar-refractivity contribution is -0.122. The van der Waals surface area contributed by atoms with Crippen LogP contribution >= 0.6 is 0 Å². The minimum absolute atomic E-state index is 0.0299. The first-order chi connectivity index (χ1) is 9.44. The third-order valence-corrected chi connectivity index (χ3v) is 4.11. The molecule has 0 spiro atoms. The van der Waals surface area contributed by atoms with Gasteiger partial charge in [0.1, 0.15) is 0 Å². The topological polar surface area (TPSA) is 87.7 Å². The molecule has 0 aliphatic heterocycles. The van der Waals surface area contributed by atoms with Crippen LogP contribution in [0, 0.1) is 11.3 Å². The van der Waals surface area contributed by atoms with Gasteiger partial charge >= 0.3 is 0 Å². The number of nitrogens with zero attached hydrogens (tertiary/aromatic N) is 1. The maximum atomic E-state index is 12.4. The van der Waals surface area contributed by atoms with Crippen LogP contribution in [0.5, 0.6) is 0 Å². The predicted molar refractivity (Wildman–Crippen MR) is 78.7 cm³/mol. The van der Waals surface area contributed by atoms with Gasteiger partial charge in [-0.25, -0.2) is 0 Å². The summed E-state index contributed by atoms with van der Waals surface area (Å²) in [6.45, 7) is 4.27. The van der Waals surface area contributed by atoms with E-state index in [0.717, 1.165) is 19.3 Å². The van der Waals surface area contributed by atoms with Crippen molar-refractivity contribution < 1.29 is 10.0 Å². The van der Waals surface area contributed by atoms with Crippen molar-refractivity contribution in [1.29, 1.82) is 0 Å². The second-order valence-electron chi connectivity index (χ2n) is 5.99. The number of amidine groups is 1. The van der Waals surface area contributed by atoms with E-state index in [1.165, 1.54) is 0 Å². The van der Waals surface area contributed by atoms with Crippen molar-refractivity contribution in [2.75, 3.05) is 5.32 Å². The Hall–Kier alpha value is -2.04. The van der Waals surface area contributed by atoms with Crippen molar-refractivity contribution in [2.45, 2.75) is 33.1 Å². The molecule has 5 heteroatoms. The summed E-state index contributed by atoms with van der Waals surface area (Å²) in [5, 5.41) is 14.6. The van der Waals surface area contributed by atoms with Crippen LogP contribution in [-0.4, -0.2) is 17.0 Å². The molecule has 1 unspecified atom stereocenters. The number of benzene rings is 1. The van der Waals surface area contributed by atoms with Crippen LogP contribution in [-0.2, 0) is 4.79 Å². The van der Waals surface area contributed by atoms with Crippen molar-refractivity contribution in [1.82, 2.24) is 0 Å². The fourth-order valence-corrected chi connectivity index (χ4v) is 2.86. The normalized spacial score (nSPS) is 21.7. The molecular formula is C15H21N3O2. The maximum Gasteiger partial charge on any atom is 0.228 e. The van der Waals surface area contributed by atoms with E-state index in [-0.39, 0.29) is 23.1 Å². The number of oxime groups is 1. The monoisotopic (exact) mass is 275 g/mol. The summed E-state index contributed by atoms with van der Waals surface area (Å²) in [6, 6.07) is 7.00. The van der Waals surface area contributed by atoms with E-state index in [0.29, 0.717) is 11.3 Å². The zero-order valence-corrected chi connectivity index (χ0v) is 11.9. The first-order valence-corrected chi connectivity index (χ1v) is 6.83. The number of rotatable bonds is 3.